The van der Waals surface area contributed by atoms with Crippen LogP contribution in [0, 0.1) is 0 Å². The third kappa shape index (κ3) is 1.37. The van der Waals surface area contributed by atoms with Gasteiger partial charge in [0, 0.05) is 0 Å². The third-order valence-corrected chi connectivity index (χ3v) is 2.19. The summed E-state index contributed by atoms with van der Waals surface area (Å²) in [4.78, 5) is 4.02. The van der Waals surface area contributed by atoms with Crippen LogP contribution in [-0.2, 0) is 10.1 Å². The summed E-state index contributed by atoms with van der Waals surface area (Å²) >= 11 is 0. The summed E-state index contributed by atoms with van der Waals surface area (Å²) in [5, 5.41) is 19.9. The van der Waals surface area contributed by atoms with Crippen molar-refractivity contribution in [2.75, 3.05) is 0 Å². The lowest BCUT2D eigenvalue weighted by molar-refractivity contribution is -0.327. The van der Waals surface area contributed by atoms with Crippen molar-refractivity contribution in [3.63, 3.8) is 0 Å². The van der Waals surface area contributed by atoms with Crippen LogP contribution in [0.5, 0.6) is 0 Å². The zero-order valence-corrected chi connectivity index (χ0v) is 6.88. The lowest BCUT2D eigenvalue weighted by Crippen LogP contribution is -2.09. The first kappa shape index (κ1) is 8.44. The summed E-state index contributed by atoms with van der Waals surface area (Å²) in [6.45, 7) is 0. The molecule has 0 aliphatic heterocycles. The Morgan fingerprint density at radius 1 is 1.15 bits per heavy atom. The number of aliphatic hydroxyl groups excluding tert-OH is 1. The van der Waals surface area contributed by atoms with Crippen LogP contribution >= 0.6 is 0 Å². The van der Waals surface area contributed by atoms with Crippen LogP contribution in [0.4, 0.5) is 0 Å². The molecule has 2 unspecified atom stereocenters. The first-order valence-electron chi connectivity index (χ1n) is 4.07. The van der Waals surface area contributed by atoms with Crippen molar-refractivity contribution in [2.45, 2.75) is 12.2 Å². The first-order chi connectivity index (χ1) is 6.33. The molecule has 1 aliphatic rings. The second kappa shape index (κ2) is 3.30. The number of rotatable bonds is 1. The van der Waals surface area contributed by atoms with E-state index < -0.39 is 12.2 Å². The molecule has 13 heavy (non-hydrogen) atoms. The lowest BCUT2D eigenvalue weighted by Gasteiger charge is -2.20. The zero-order chi connectivity index (χ0) is 9.26. The monoisotopic (exact) mass is 177 g/mol. The average Bonchev–Trinajstić information content (AvgIpc) is 2.19. The molecule has 0 fully saturated rings. The quantitative estimate of drug-likeness (QED) is 0.403. The molecule has 0 aromatic heterocycles. The van der Waals surface area contributed by atoms with Crippen LogP contribution in [0.1, 0.15) is 23.3 Å². The minimum Gasteiger partial charge on any atom is -0.384 e. The standard InChI is InChI=1S/C10H9O3/c11-9-5-6-10(13-12)8-4-2-1-3-7(8)9/h1-6,9-11H. The maximum absolute atomic E-state index is 10.3. The molecule has 1 aromatic rings. The van der Waals surface area contributed by atoms with E-state index in [1.54, 1.807) is 24.3 Å². The lowest BCUT2D eigenvalue weighted by atomic mass is 9.93. The van der Waals surface area contributed by atoms with Gasteiger partial charge in [-0.05, 0) is 22.5 Å². The second-order valence-electron chi connectivity index (χ2n) is 2.98. The molecule has 1 radical (unpaired) electrons. The molecule has 0 saturated carbocycles. The van der Waals surface area contributed by atoms with Crippen molar-refractivity contribution in [3.8, 4) is 0 Å². The van der Waals surface area contributed by atoms with Crippen molar-refractivity contribution >= 4 is 0 Å². The highest BCUT2D eigenvalue weighted by Gasteiger charge is 2.21. The van der Waals surface area contributed by atoms with Gasteiger partial charge in [-0.25, -0.2) is 0 Å². The van der Waals surface area contributed by atoms with Gasteiger partial charge in [0.25, 0.3) is 0 Å². The predicted molar refractivity (Wildman–Crippen MR) is 45.1 cm³/mol. The summed E-state index contributed by atoms with van der Waals surface area (Å²) in [7, 11) is 0. The van der Waals surface area contributed by atoms with Crippen LogP contribution in [0.3, 0.4) is 0 Å². The fourth-order valence-corrected chi connectivity index (χ4v) is 1.54. The van der Waals surface area contributed by atoms with E-state index in [0.717, 1.165) is 11.1 Å². The molecule has 3 heteroatoms. The fraction of sp³-hybridized carbons (Fsp3) is 0.200. The van der Waals surface area contributed by atoms with E-state index >= 15 is 0 Å². The van der Waals surface area contributed by atoms with Crippen LogP contribution in [0.2, 0.25) is 0 Å². The largest absolute Gasteiger partial charge is 0.384 e. The van der Waals surface area contributed by atoms with Crippen LogP contribution < -0.4 is 0 Å². The SMILES string of the molecule is [O]OC1C=CC(O)c2ccccc21. The van der Waals surface area contributed by atoms with Gasteiger partial charge in [0.2, 0.25) is 0 Å². The Morgan fingerprint density at radius 3 is 2.54 bits per heavy atom. The number of benzene rings is 1. The second-order valence-corrected chi connectivity index (χ2v) is 2.98. The van der Waals surface area contributed by atoms with Crippen molar-refractivity contribution < 1.29 is 15.3 Å². The van der Waals surface area contributed by atoms with Gasteiger partial charge in [0.1, 0.15) is 6.10 Å². The Bertz CT molecular complexity index is 333. The predicted octanol–water partition coefficient (Wildman–Crippen LogP) is 1.69. The highest BCUT2D eigenvalue weighted by atomic mass is 17.1. The molecule has 0 amide bonds. The van der Waals surface area contributed by atoms with Crippen LogP contribution in [0.15, 0.2) is 36.4 Å². The first-order valence-corrected chi connectivity index (χ1v) is 4.07. The Balaban J connectivity index is 2.48. The molecular formula is C10H9O3. The Hall–Kier alpha value is -1.16. The maximum Gasteiger partial charge on any atom is 0.140 e. The molecule has 0 spiro atoms. The number of hydrogen-bond donors (Lipinski definition) is 1. The van der Waals surface area contributed by atoms with Crippen molar-refractivity contribution in [3.05, 3.63) is 47.5 Å². The fourth-order valence-electron chi connectivity index (χ4n) is 1.54. The van der Waals surface area contributed by atoms with E-state index in [0.29, 0.717) is 0 Å². The Kier molecular flexibility index (Phi) is 2.14. The van der Waals surface area contributed by atoms with Crippen molar-refractivity contribution in [2.24, 2.45) is 0 Å². The number of hydrogen-bond acceptors (Lipinski definition) is 2. The normalized spacial score (nSPS) is 25.7. The molecule has 1 aliphatic carbocycles. The molecule has 1 aromatic carbocycles. The van der Waals surface area contributed by atoms with E-state index in [-0.39, 0.29) is 0 Å². The van der Waals surface area contributed by atoms with Crippen molar-refractivity contribution in [1.82, 2.24) is 0 Å². The summed E-state index contributed by atoms with van der Waals surface area (Å²) in [5.74, 6) is 0. The Labute approximate surface area is 75.8 Å². The van der Waals surface area contributed by atoms with E-state index in [9.17, 15) is 10.4 Å². The molecule has 0 saturated heterocycles. The summed E-state index contributed by atoms with van der Waals surface area (Å²) in [6.07, 6.45) is 1.94. The smallest absolute Gasteiger partial charge is 0.140 e. The molecule has 2 rings (SSSR count). The minimum atomic E-state index is -0.623. The average molecular weight is 177 g/mol. The molecule has 3 nitrogen and oxygen atoms in total. The van der Waals surface area contributed by atoms with Gasteiger partial charge in [-0.1, -0.05) is 30.3 Å². The highest BCUT2D eigenvalue weighted by Crippen LogP contribution is 2.32. The minimum absolute atomic E-state index is 0.570. The Morgan fingerprint density at radius 2 is 1.85 bits per heavy atom. The molecular weight excluding hydrogens is 168 g/mol. The highest BCUT2D eigenvalue weighted by molar-refractivity contribution is 5.38. The maximum atomic E-state index is 10.3. The number of aliphatic hydroxyl groups is 1. The van der Waals surface area contributed by atoms with Gasteiger partial charge in [-0.3, -0.25) is 0 Å². The van der Waals surface area contributed by atoms with E-state index in [2.05, 4.69) is 4.89 Å². The van der Waals surface area contributed by atoms with Gasteiger partial charge < -0.3 is 5.11 Å². The topological polar surface area (TPSA) is 49.4 Å². The van der Waals surface area contributed by atoms with Crippen LogP contribution in [-0.4, -0.2) is 5.11 Å². The molecule has 0 heterocycles. The van der Waals surface area contributed by atoms with E-state index in [1.807, 2.05) is 12.1 Å². The third-order valence-electron chi connectivity index (χ3n) is 2.19. The summed E-state index contributed by atoms with van der Waals surface area (Å²) in [6, 6.07) is 7.21. The van der Waals surface area contributed by atoms with Gasteiger partial charge in [0.05, 0.1) is 6.10 Å². The molecule has 67 valence electrons. The number of fused-ring (bicyclic) bond motifs is 1. The van der Waals surface area contributed by atoms with Gasteiger partial charge >= 0.3 is 0 Å². The molecule has 2 atom stereocenters. The summed E-state index contributed by atoms with van der Waals surface area (Å²) < 4.78 is 0. The summed E-state index contributed by atoms with van der Waals surface area (Å²) in [5.41, 5.74) is 1.48. The molecule has 1 N–H and O–H groups in total. The molecule has 0 bridgehead atoms. The van der Waals surface area contributed by atoms with Gasteiger partial charge in [-0.2, -0.15) is 4.89 Å². The zero-order valence-electron chi connectivity index (χ0n) is 6.88. The van der Waals surface area contributed by atoms with E-state index in [4.69, 9.17) is 0 Å². The van der Waals surface area contributed by atoms with Crippen LogP contribution in [0.25, 0.3) is 0 Å². The van der Waals surface area contributed by atoms with Gasteiger partial charge in [-0.15, -0.1) is 0 Å². The van der Waals surface area contributed by atoms with Crippen molar-refractivity contribution in [1.29, 1.82) is 0 Å². The van der Waals surface area contributed by atoms with E-state index in [1.165, 1.54) is 0 Å². The van der Waals surface area contributed by atoms with Gasteiger partial charge in [0.15, 0.2) is 0 Å².